The molecule has 0 saturated carbocycles. The van der Waals surface area contributed by atoms with Crippen LogP contribution < -0.4 is 0 Å². The molecule has 3 rings (SSSR count). The van der Waals surface area contributed by atoms with Gasteiger partial charge in [-0.25, -0.2) is 4.39 Å². The maximum Gasteiger partial charge on any atom is 0.178 e. The molecule has 1 heterocycles. The molecule has 102 valence electrons. The van der Waals surface area contributed by atoms with E-state index in [-0.39, 0.29) is 5.82 Å². The highest BCUT2D eigenvalue weighted by Crippen LogP contribution is 2.22. The molecule has 6 heteroatoms. The number of benzene rings is 2. The van der Waals surface area contributed by atoms with Crippen LogP contribution in [0.4, 0.5) is 4.39 Å². The quantitative estimate of drug-likeness (QED) is 0.407. The first kappa shape index (κ1) is 14.2. The molecule has 0 bridgehead atoms. The predicted octanol–water partition coefficient (Wildman–Crippen LogP) is 5.25. The molecule has 20 heavy (non-hydrogen) atoms. The number of imidazole rings is 1. The van der Waals surface area contributed by atoms with Crippen molar-refractivity contribution in [1.29, 1.82) is 0 Å². The average molecular weight is 463 g/mol. The third-order valence-corrected chi connectivity index (χ3v) is 4.69. The van der Waals surface area contributed by atoms with Crippen LogP contribution in [-0.2, 0) is 6.54 Å². The van der Waals surface area contributed by atoms with Gasteiger partial charge in [-0.1, -0.05) is 28.1 Å². The third-order valence-electron chi connectivity index (χ3n) is 3.05. The van der Waals surface area contributed by atoms with Gasteiger partial charge in [-0.15, -0.1) is 0 Å². The Balaban J connectivity index is 2.14. The lowest BCUT2D eigenvalue weighted by Gasteiger charge is -2.06. The minimum atomic E-state index is -0.227. The molecule has 1 aromatic heterocycles. The molecule has 0 atom stereocenters. The molecule has 2 nitrogen and oxygen atoms in total. The van der Waals surface area contributed by atoms with Crippen LogP contribution in [-0.4, -0.2) is 9.55 Å². The van der Waals surface area contributed by atoms with Crippen molar-refractivity contribution >= 4 is 61.8 Å². The molecular weight excluding hydrogens is 454 g/mol. The summed E-state index contributed by atoms with van der Waals surface area (Å²) in [6.07, 6.45) is 0. The lowest BCUT2D eigenvalue weighted by molar-refractivity contribution is 0.621. The molecule has 0 saturated heterocycles. The van der Waals surface area contributed by atoms with Crippen molar-refractivity contribution in [2.24, 2.45) is 0 Å². The average Bonchev–Trinajstić information content (AvgIpc) is 2.67. The highest BCUT2D eigenvalue weighted by molar-refractivity contribution is 14.1. The Morgan fingerprint density at radius 2 is 2.10 bits per heavy atom. The minimum absolute atomic E-state index is 0.227. The Bertz CT molecular complexity index is 856. The third kappa shape index (κ3) is 2.68. The van der Waals surface area contributed by atoms with Gasteiger partial charge in [0.15, 0.2) is 4.77 Å². The minimum Gasteiger partial charge on any atom is -0.331 e. The molecule has 0 unspecified atom stereocenters. The summed E-state index contributed by atoms with van der Waals surface area (Å²) in [4.78, 5) is 3.12. The zero-order chi connectivity index (χ0) is 14.3. The van der Waals surface area contributed by atoms with E-state index < -0.39 is 0 Å². The van der Waals surface area contributed by atoms with E-state index in [4.69, 9.17) is 12.2 Å². The van der Waals surface area contributed by atoms with Gasteiger partial charge in [0.2, 0.25) is 0 Å². The van der Waals surface area contributed by atoms with Gasteiger partial charge in [-0.05, 0) is 58.6 Å². The molecule has 0 aliphatic heterocycles. The van der Waals surface area contributed by atoms with Crippen molar-refractivity contribution in [3.05, 3.63) is 60.6 Å². The summed E-state index contributed by atoms with van der Waals surface area (Å²) < 4.78 is 17.9. The van der Waals surface area contributed by atoms with E-state index in [2.05, 4.69) is 20.9 Å². The van der Waals surface area contributed by atoms with E-state index >= 15 is 0 Å². The fourth-order valence-electron chi connectivity index (χ4n) is 2.13. The number of H-pyrrole nitrogens is 1. The number of hydrogen-bond acceptors (Lipinski definition) is 1. The van der Waals surface area contributed by atoms with Crippen LogP contribution in [0.2, 0.25) is 0 Å². The van der Waals surface area contributed by atoms with Gasteiger partial charge < -0.3 is 9.55 Å². The van der Waals surface area contributed by atoms with E-state index in [0.29, 0.717) is 14.9 Å². The maximum absolute atomic E-state index is 13.8. The Labute approximate surface area is 142 Å². The van der Waals surface area contributed by atoms with Crippen LogP contribution in [0.15, 0.2) is 40.9 Å². The summed E-state index contributed by atoms with van der Waals surface area (Å²) in [5, 5.41) is 0. The molecular formula is C14H9BrFIN2S. The molecule has 3 aromatic rings. The van der Waals surface area contributed by atoms with Crippen molar-refractivity contribution in [1.82, 2.24) is 9.55 Å². The van der Waals surface area contributed by atoms with E-state index in [1.807, 2.05) is 51.4 Å². The van der Waals surface area contributed by atoms with Gasteiger partial charge in [0.1, 0.15) is 5.82 Å². The van der Waals surface area contributed by atoms with Crippen LogP contribution in [0.3, 0.4) is 0 Å². The summed E-state index contributed by atoms with van der Waals surface area (Å²) in [7, 11) is 0. The van der Waals surface area contributed by atoms with Crippen molar-refractivity contribution in [3.8, 4) is 0 Å². The largest absolute Gasteiger partial charge is 0.331 e. The van der Waals surface area contributed by atoms with Crippen molar-refractivity contribution in [3.63, 3.8) is 0 Å². The molecule has 0 radical (unpaired) electrons. The first-order valence-corrected chi connectivity index (χ1v) is 8.14. The number of fused-ring (bicyclic) bond motifs is 1. The Kier molecular flexibility index (Phi) is 3.96. The first-order valence-electron chi connectivity index (χ1n) is 5.86. The number of aromatic amines is 1. The topological polar surface area (TPSA) is 20.7 Å². The molecule has 0 spiro atoms. The number of rotatable bonds is 2. The normalized spacial score (nSPS) is 11.2. The van der Waals surface area contributed by atoms with Gasteiger partial charge >= 0.3 is 0 Å². The molecule has 2 aromatic carbocycles. The predicted molar refractivity (Wildman–Crippen MR) is 93.0 cm³/mol. The maximum atomic E-state index is 13.8. The van der Waals surface area contributed by atoms with Crippen LogP contribution in [0.25, 0.3) is 11.0 Å². The number of aromatic nitrogens is 2. The molecule has 0 amide bonds. The fraction of sp³-hybridized carbons (Fsp3) is 0.0714. The highest BCUT2D eigenvalue weighted by atomic mass is 127. The summed E-state index contributed by atoms with van der Waals surface area (Å²) in [6.45, 7) is 0.609. The fourth-order valence-corrected chi connectivity index (χ4v) is 3.31. The summed E-state index contributed by atoms with van der Waals surface area (Å²) >= 11 is 10.8. The first-order chi connectivity index (χ1) is 9.54. The van der Waals surface area contributed by atoms with Gasteiger partial charge in [-0.2, -0.15) is 0 Å². The number of nitrogens with one attached hydrogen (secondary N) is 1. The van der Waals surface area contributed by atoms with Gasteiger partial charge in [0, 0.05) is 10.5 Å². The van der Waals surface area contributed by atoms with E-state index in [1.165, 1.54) is 6.07 Å². The summed E-state index contributed by atoms with van der Waals surface area (Å²) in [6, 6.07) is 11.3. The van der Waals surface area contributed by atoms with Crippen LogP contribution in [0, 0.1) is 14.2 Å². The van der Waals surface area contributed by atoms with Crippen LogP contribution in [0.5, 0.6) is 0 Å². The monoisotopic (exact) mass is 462 g/mol. The van der Waals surface area contributed by atoms with Crippen molar-refractivity contribution < 1.29 is 4.39 Å². The van der Waals surface area contributed by atoms with Crippen molar-refractivity contribution in [2.75, 3.05) is 0 Å². The van der Waals surface area contributed by atoms with Crippen molar-refractivity contribution in [2.45, 2.75) is 6.54 Å². The SMILES string of the molecule is Fc1cc2c(cc1I)[nH]c(=S)n2Cc1cccc(Br)c1. The molecule has 0 aliphatic rings. The molecule has 1 N–H and O–H groups in total. The molecule has 0 aliphatic carbocycles. The summed E-state index contributed by atoms with van der Waals surface area (Å²) in [5.74, 6) is -0.227. The number of halogens is 3. The Hall–Kier alpha value is -0.730. The number of nitrogens with zero attached hydrogens (tertiary/aromatic N) is 1. The summed E-state index contributed by atoms with van der Waals surface area (Å²) in [5.41, 5.74) is 2.75. The Morgan fingerprint density at radius 1 is 1.30 bits per heavy atom. The van der Waals surface area contributed by atoms with Gasteiger partial charge in [0.25, 0.3) is 0 Å². The Morgan fingerprint density at radius 3 is 2.85 bits per heavy atom. The second-order valence-electron chi connectivity index (χ2n) is 4.43. The van der Waals surface area contributed by atoms with Gasteiger partial charge in [-0.3, -0.25) is 0 Å². The zero-order valence-electron chi connectivity index (χ0n) is 10.2. The van der Waals surface area contributed by atoms with E-state index in [9.17, 15) is 4.39 Å². The number of hydrogen-bond donors (Lipinski definition) is 1. The standard InChI is InChI=1S/C14H9BrFIN2S/c15-9-3-1-2-8(4-9)7-19-13-5-10(16)11(17)6-12(13)18-14(19)20/h1-6H,7H2,(H,18,20). The second-order valence-corrected chi connectivity index (χ2v) is 6.89. The highest BCUT2D eigenvalue weighted by Gasteiger charge is 2.09. The lowest BCUT2D eigenvalue weighted by Crippen LogP contribution is -2.00. The van der Waals surface area contributed by atoms with Crippen LogP contribution in [0.1, 0.15) is 5.56 Å². The van der Waals surface area contributed by atoms with Crippen LogP contribution >= 0.6 is 50.7 Å². The smallest absolute Gasteiger partial charge is 0.178 e. The lowest BCUT2D eigenvalue weighted by atomic mass is 10.2. The van der Waals surface area contributed by atoms with E-state index in [0.717, 1.165) is 21.1 Å². The zero-order valence-corrected chi connectivity index (χ0v) is 14.7. The second kappa shape index (κ2) is 5.57. The molecule has 0 fully saturated rings. The van der Waals surface area contributed by atoms with E-state index in [1.54, 1.807) is 6.07 Å². The van der Waals surface area contributed by atoms with Gasteiger partial charge in [0.05, 0.1) is 21.1 Å².